The number of halogens is 4. The summed E-state index contributed by atoms with van der Waals surface area (Å²) in [4.78, 5) is 9.18. The van der Waals surface area contributed by atoms with Crippen molar-refractivity contribution >= 4 is 38.2 Å². The van der Waals surface area contributed by atoms with Gasteiger partial charge in [0.2, 0.25) is 0 Å². The molecule has 2 fully saturated rings. The molecule has 4 heterocycles. The van der Waals surface area contributed by atoms with Crippen LogP contribution in [0.5, 0.6) is 6.01 Å². The lowest BCUT2D eigenvalue weighted by atomic mass is 10.0. The molecule has 2 saturated heterocycles. The number of rotatable bonds is 7. The molecular weight excluding hydrogens is 617 g/mol. The van der Waals surface area contributed by atoms with E-state index in [0.29, 0.717) is 29.8 Å². The molecule has 234 valence electrons. The first-order valence-corrected chi connectivity index (χ1v) is 17.1. The summed E-state index contributed by atoms with van der Waals surface area (Å²) >= 11 is 6.61. The van der Waals surface area contributed by atoms with Crippen LogP contribution < -0.4 is 4.74 Å². The number of hydrogen-bond acceptors (Lipinski definition) is 7. The van der Waals surface area contributed by atoms with Gasteiger partial charge in [0.05, 0.1) is 23.0 Å². The highest BCUT2D eigenvalue weighted by atomic mass is 35.5. The van der Waals surface area contributed by atoms with Crippen molar-refractivity contribution in [1.29, 1.82) is 0 Å². The van der Waals surface area contributed by atoms with Crippen LogP contribution in [0.25, 0.3) is 33.5 Å². The van der Waals surface area contributed by atoms with Crippen LogP contribution >= 0.6 is 11.6 Å². The molecule has 1 unspecified atom stereocenters. The first kappa shape index (κ1) is 30.8. The average molecular weight is 649 g/mol. The zero-order valence-electron chi connectivity index (χ0n) is 24.4. The van der Waals surface area contributed by atoms with E-state index in [1.54, 1.807) is 60.4 Å². The second kappa shape index (κ2) is 12.0. The van der Waals surface area contributed by atoms with Crippen molar-refractivity contribution in [3.05, 3.63) is 59.4 Å². The summed E-state index contributed by atoms with van der Waals surface area (Å²) in [6, 6.07) is 13.2. The van der Waals surface area contributed by atoms with Gasteiger partial charge in [-0.1, -0.05) is 36.7 Å². The first-order valence-electron chi connectivity index (χ1n) is 14.4. The van der Waals surface area contributed by atoms with Gasteiger partial charge in [0.1, 0.15) is 23.7 Å². The molecule has 0 spiro atoms. The topological polar surface area (TPSA) is 87.8 Å². The Bertz CT molecular complexity index is 1810. The number of aromatic nitrogens is 3. The molecule has 13 heteroatoms. The SMILES string of the molecule is CC[C@H]1OC[C@@H](Oc2nc3cc(Cl)c(-c4ccc(-c5ccc(N=S(C)(C)=O)cc5)cc4F)nc3n2C2CCCCO2)C1(F)F. The molecule has 2 aromatic carbocycles. The summed E-state index contributed by atoms with van der Waals surface area (Å²) in [5.74, 6) is -3.77. The standard InChI is InChI=1S/C31H32ClF3N4O4S/c1-4-25-31(34,35)26(17-42-25)43-30-36-24-16-22(32)28(37-29(24)39(30)27-7-5-6-14-41-27)21-13-10-19(15-23(21)33)18-8-11-20(12-9-18)38-44(2,3)40/h8-13,15-16,25-27H,4-7,14,17H2,1-3H3/t25-,26-,27?/m1/s1. The van der Waals surface area contributed by atoms with Crippen molar-refractivity contribution in [2.45, 2.75) is 57.0 Å². The van der Waals surface area contributed by atoms with Crippen LogP contribution in [0.4, 0.5) is 18.9 Å². The van der Waals surface area contributed by atoms with E-state index >= 15 is 13.2 Å². The number of ether oxygens (including phenoxy) is 3. The molecule has 0 bridgehead atoms. The van der Waals surface area contributed by atoms with Crippen LogP contribution in [0.15, 0.2) is 52.9 Å². The van der Waals surface area contributed by atoms with Gasteiger partial charge in [0.25, 0.3) is 0 Å². The Morgan fingerprint density at radius 3 is 2.48 bits per heavy atom. The lowest BCUT2D eigenvalue weighted by Crippen LogP contribution is -2.42. The molecule has 0 radical (unpaired) electrons. The molecule has 3 atom stereocenters. The van der Waals surface area contributed by atoms with E-state index in [4.69, 9.17) is 30.8 Å². The van der Waals surface area contributed by atoms with Crippen molar-refractivity contribution in [2.75, 3.05) is 25.7 Å². The number of imidazole rings is 1. The smallest absolute Gasteiger partial charge is 0.311 e. The Labute approximate surface area is 258 Å². The number of nitrogens with zero attached hydrogens (tertiary/aromatic N) is 4. The van der Waals surface area contributed by atoms with Crippen LogP contribution in [0.2, 0.25) is 5.02 Å². The summed E-state index contributed by atoms with van der Waals surface area (Å²) in [7, 11) is -2.31. The van der Waals surface area contributed by atoms with Crippen LogP contribution in [0.1, 0.15) is 38.8 Å². The van der Waals surface area contributed by atoms with Gasteiger partial charge in [-0.05, 0) is 67.1 Å². The van der Waals surface area contributed by atoms with Gasteiger partial charge in [-0.3, -0.25) is 4.57 Å². The molecule has 2 aliphatic heterocycles. The minimum absolute atomic E-state index is 0.0781. The Kier molecular flexibility index (Phi) is 8.38. The zero-order valence-corrected chi connectivity index (χ0v) is 26.0. The van der Waals surface area contributed by atoms with Crippen LogP contribution in [-0.2, 0) is 19.2 Å². The lowest BCUT2D eigenvalue weighted by Gasteiger charge is -2.27. The van der Waals surface area contributed by atoms with Gasteiger partial charge in [-0.15, -0.1) is 0 Å². The van der Waals surface area contributed by atoms with Crippen molar-refractivity contribution in [2.24, 2.45) is 4.36 Å². The summed E-state index contributed by atoms with van der Waals surface area (Å²) in [6.07, 6.45) is 2.22. The number of fused-ring (bicyclic) bond motifs is 1. The monoisotopic (exact) mass is 648 g/mol. The van der Waals surface area contributed by atoms with E-state index in [2.05, 4.69) is 9.35 Å². The fourth-order valence-electron chi connectivity index (χ4n) is 5.55. The maximum absolute atomic E-state index is 15.7. The highest BCUT2D eigenvalue weighted by Gasteiger charge is 2.55. The predicted octanol–water partition coefficient (Wildman–Crippen LogP) is 7.81. The van der Waals surface area contributed by atoms with Crippen LogP contribution in [0.3, 0.4) is 0 Å². The summed E-state index contributed by atoms with van der Waals surface area (Å²) < 4.78 is 80.5. The van der Waals surface area contributed by atoms with E-state index in [0.717, 1.165) is 18.4 Å². The van der Waals surface area contributed by atoms with Crippen molar-refractivity contribution < 1.29 is 31.6 Å². The second-order valence-electron chi connectivity index (χ2n) is 11.3. The normalized spacial score (nSPS) is 21.9. The molecule has 0 N–H and O–H groups in total. The maximum Gasteiger partial charge on any atom is 0.311 e. The van der Waals surface area contributed by atoms with Gasteiger partial charge in [-0.2, -0.15) is 18.1 Å². The molecule has 0 saturated carbocycles. The van der Waals surface area contributed by atoms with E-state index < -0.39 is 39.9 Å². The summed E-state index contributed by atoms with van der Waals surface area (Å²) in [5, 5.41) is 0.138. The largest absolute Gasteiger partial charge is 0.452 e. The van der Waals surface area contributed by atoms with Crippen LogP contribution in [-0.4, -0.2) is 62.6 Å². The Balaban J connectivity index is 1.38. The van der Waals surface area contributed by atoms with Gasteiger partial charge >= 0.3 is 11.9 Å². The Morgan fingerprint density at radius 2 is 1.84 bits per heavy atom. The van der Waals surface area contributed by atoms with E-state index in [9.17, 15) is 4.21 Å². The highest BCUT2D eigenvalue weighted by molar-refractivity contribution is 7.92. The van der Waals surface area contributed by atoms with Crippen molar-refractivity contribution in [3.63, 3.8) is 0 Å². The van der Waals surface area contributed by atoms with Crippen molar-refractivity contribution in [1.82, 2.24) is 14.5 Å². The van der Waals surface area contributed by atoms with Crippen molar-refractivity contribution in [3.8, 4) is 28.4 Å². The molecule has 0 aliphatic carbocycles. The molecule has 0 amide bonds. The molecule has 2 aromatic heterocycles. The summed E-state index contributed by atoms with van der Waals surface area (Å²) in [6.45, 7) is 1.83. The second-order valence-corrected chi connectivity index (χ2v) is 14.2. The number of benzene rings is 2. The van der Waals surface area contributed by atoms with E-state index in [-0.39, 0.29) is 41.0 Å². The summed E-state index contributed by atoms with van der Waals surface area (Å²) in [5.41, 5.74) is 2.85. The molecular formula is C31H32ClF3N4O4S. The third-order valence-electron chi connectivity index (χ3n) is 7.71. The molecule has 44 heavy (non-hydrogen) atoms. The van der Waals surface area contributed by atoms with Gasteiger partial charge in [-0.25, -0.2) is 13.6 Å². The Hall–Kier alpha value is -3.19. The molecule has 6 rings (SSSR count). The van der Waals surface area contributed by atoms with Gasteiger partial charge < -0.3 is 14.2 Å². The molecule has 2 aliphatic rings. The third kappa shape index (κ3) is 6.04. The fourth-order valence-corrected chi connectivity index (χ4v) is 6.43. The zero-order chi connectivity index (χ0) is 31.2. The predicted molar refractivity (Wildman–Crippen MR) is 164 cm³/mol. The van der Waals surface area contributed by atoms with Gasteiger partial charge in [0, 0.05) is 34.4 Å². The molecule has 4 aromatic rings. The quantitative estimate of drug-likeness (QED) is 0.203. The van der Waals surface area contributed by atoms with Crippen LogP contribution in [0, 0.1) is 5.82 Å². The minimum atomic E-state index is -3.21. The van der Waals surface area contributed by atoms with Gasteiger partial charge in [0.15, 0.2) is 11.8 Å². The maximum atomic E-state index is 15.7. The molecule has 8 nitrogen and oxygen atoms in total. The lowest BCUT2D eigenvalue weighted by molar-refractivity contribution is -0.109. The Morgan fingerprint density at radius 1 is 1.09 bits per heavy atom. The number of alkyl halides is 2. The third-order valence-corrected chi connectivity index (χ3v) is 8.64. The minimum Gasteiger partial charge on any atom is -0.452 e. The highest BCUT2D eigenvalue weighted by Crippen LogP contribution is 2.40. The fraction of sp³-hybridized carbons (Fsp3) is 0.419. The average Bonchev–Trinajstić information content (AvgIpc) is 3.47. The first-order chi connectivity index (χ1) is 20.9. The number of pyridine rings is 1. The van der Waals surface area contributed by atoms with E-state index in [1.165, 1.54) is 12.1 Å². The number of hydrogen-bond donors (Lipinski definition) is 0. The van der Waals surface area contributed by atoms with E-state index in [1.807, 2.05) is 0 Å².